The number of rotatable bonds is 10. The highest BCUT2D eigenvalue weighted by molar-refractivity contribution is 6.15. The van der Waals surface area contributed by atoms with Crippen molar-refractivity contribution in [2.75, 3.05) is 33.5 Å². The van der Waals surface area contributed by atoms with Gasteiger partial charge in [0.05, 0.1) is 18.8 Å². The fourth-order valence-corrected chi connectivity index (χ4v) is 2.34. The second-order valence-corrected chi connectivity index (χ2v) is 5.46. The first-order chi connectivity index (χ1) is 12.2. The lowest BCUT2D eigenvalue weighted by atomic mass is 9.98. The Morgan fingerprint density at radius 2 is 1.56 bits per heavy atom. The molecule has 2 aromatic rings. The molecule has 0 saturated carbocycles. The lowest BCUT2D eigenvalue weighted by molar-refractivity contribution is 0.0688. The van der Waals surface area contributed by atoms with Crippen LogP contribution in [-0.2, 0) is 9.47 Å². The van der Waals surface area contributed by atoms with Crippen LogP contribution in [0.3, 0.4) is 0 Å². The molecule has 2 aromatic carbocycles. The molecule has 132 valence electrons. The Balaban J connectivity index is 1.93. The molecule has 1 N–H and O–H groups in total. The lowest BCUT2D eigenvalue weighted by Gasteiger charge is -2.10. The van der Waals surface area contributed by atoms with E-state index in [-0.39, 0.29) is 11.7 Å². The largest absolute Gasteiger partial charge is 0.382 e. The Morgan fingerprint density at radius 1 is 0.880 bits per heavy atom. The quantitative estimate of drug-likeness (QED) is 0.533. The highest BCUT2D eigenvalue weighted by Crippen LogP contribution is 2.14. The number of benzene rings is 2. The van der Waals surface area contributed by atoms with Gasteiger partial charge in [-0.1, -0.05) is 48.5 Å². The predicted molar refractivity (Wildman–Crippen MR) is 96.0 cm³/mol. The minimum absolute atomic E-state index is 0.158. The maximum atomic E-state index is 12.6. The zero-order valence-corrected chi connectivity index (χ0v) is 14.4. The van der Waals surface area contributed by atoms with Crippen molar-refractivity contribution in [2.45, 2.75) is 6.42 Å². The molecule has 0 aliphatic heterocycles. The van der Waals surface area contributed by atoms with Gasteiger partial charge in [-0.05, 0) is 12.5 Å². The van der Waals surface area contributed by atoms with E-state index in [4.69, 9.17) is 9.47 Å². The summed E-state index contributed by atoms with van der Waals surface area (Å²) in [5, 5.41) is 2.83. The van der Waals surface area contributed by atoms with Crippen LogP contribution in [0.2, 0.25) is 0 Å². The number of ketones is 1. The van der Waals surface area contributed by atoms with E-state index < -0.39 is 0 Å². The lowest BCUT2D eigenvalue weighted by Crippen LogP contribution is -2.27. The van der Waals surface area contributed by atoms with E-state index in [1.54, 1.807) is 55.6 Å². The van der Waals surface area contributed by atoms with Gasteiger partial charge >= 0.3 is 0 Å². The molecular formula is C20H23NO4. The minimum Gasteiger partial charge on any atom is -0.382 e. The van der Waals surface area contributed by atoms with E-state index in [2.05, 4.69) is 5.32 Å². The first-order valence-corrected chi connectivity index (χ1v) is 8.27. The average molecular weight is 341 g/mol. The third kappa shape index (κ3) is 5.81. The highest BCUT2D eigenvalue weighted by atomic mass is 16.5. The van der Waals surface area contributed by atoms with Crippen LogP contribution >= 0.6 is 0 Å². The van der Waals surface area contributed by atoms with E-state index >= 15 is 0 Å². The second kappa shape index (κ2) is 10.4. The molecule has 0 saturated heterocycles. The van der Waals surface area contributed by atoms with Gasteiger partial charge in [-0.25, -0.2) is 0 Å². The second-order valence-electron chi connectivity index (χ2n) is 5.46. The normalized spacial score (nSPS) is 10.4. The van der Waals surface area contributed by atoms with Gasteiger partial charge in [-0.2, -0.15) is 0 Å². The van der Waals surface area contributed by atoms with Crippen LogP contribution in [-0.4, -0.2) is 45.2 Å². The van der Waals surface area contributed by atoms with Gasteiger partial charge in [0.15, 0.2) is 5.78 Å². The summed E-state index contributed by atoms with van der Waals surface area (Å²) in [6.07, 6.45) is 0.699. The predicted octanol–water partition coefficient (Wildman–Crippen LogP) is 2.70. The number of nitrogens with one attached hydrogen (secondary N) is 1. The average Bonchev–Trinajstić information content (AvgIpc) is 2.67. The van der Waals surface area contributed by atoms with Gasteiger partial charge in [-0.15, -0.1) is 0 Å². The Hall–Kier alpha value is -2.50. The molecule has 0 aliphatic rings. The maximum Gasteiger partial charge on any atom is 0.252 e. The first-order valence-electron chi connectivity index (χ1n) is 8.27. The molecule has 0 bridgehead atoms. The molecule has 0 heterocycles. The maximum absolute atomic E-state index is 12.6. The van der Waals surface area contributed by atoms with Gasteiger partial charge in [0.1, 0.15) is 0 Å². The minimum atomic E-state index is -0.253. The van der Waals surface area contributed by atoms with E-state index in [1.807, 2.05) is 6.07 Å². The van der Waals surface area contributed by atoms with Crippen LogP contribution in [0.15, 0.2) is 54.6 Å². The molecule has 0 unspecified atom stereocenters. The number of hydrogen-bond acceptors (Lipinski definition) is 4. The van der Waals surface area contributed by atoms with Gasteiger partial charge in [-0.3, -0.25) is 9.59 Å². The number of methoxy groups -OCH3 is 1. The number of carbonyl (C=O) groups excluding carboxylic acids is 2. The zero-order chi connectivity index (χ0) is 17.9. The van der Waals surface area contributed by atoms with Gasteiger partial charge in [0.2, 0.25) is 0 Å². The first kappa shape index (κ1) is 18.8. The van der Waals surface area contributed by atoms with Crippen LogP contribution in [0.4, 0.5) is 0 Å². The third-order valence-electron chi connectivity index (χ3n) is 3.64. The van der Waals surface area contributed by atoms with E-state index in [0.29, 0.717) is 49.5 Å². The van der Waals surface area contributed by atoms with Crippen molar-refractivity contribution in [3.8, 4) is 0 Å². The van der Waals surface area contributed by atoms with Crippen molar-refractivity contribution in [3.63, 3.8) is 0 Å². The molecule has 5 heteroatoms. The van der Waals surface area contributed by atoms with Crippen molar-refractivity contribution in [2.24, 2.45) is 0 Å². The van der Waals surface area contributed by atoms with Crippen LogP contribution in [0.1, 0.15) is 32.7 Å². The number of amides is 1. The van der Waals surface area contributed by atoms with Crippen molar-refractivity contribution < 1.29 is 19.1 Å². The van der Waals surface area contributed by atoms with Crippen molar-refractivity contribution in [1.29, 1.82) is 0 Å². The molecule has 0 fully saturated rings. The Kier molecular flexibility index (Phi) is 7.82. The Morgan fingerprint density at radius 3 is 2.28 bits per heavy atom. The number of ether oxygens (including phenoxy) is 2. The summed E-state index contributed by atoms with van der Waals surface area (Å²) in [6, 6.07) is 15.8. The summed E-state index contributed by atoms with van der Waals surface area (Å²) in [6.45, 7) is 2.13. The van der Waals surface area contributed by atoms with E-state index in [1.165, 1.54) is 0 Å². The van der Waals surface area contributed by atoms with Crippen molar-refractivity contribution in [1.82, 2.24) is 5.32 Å². The van der Waals surface area contributed by atoms with Crippen LogP contribution in [0.25, 0.3) is 0 Å². The van der Waals surface area contributed by atoms with Crippen molar-refractivity contribution in [3.05, 3.63) is 71.3 Å². The van der Waals surface area contributed by atoms with Gasteiger partial charge < -0.3 is 14.8 Å². The number of carbonyl (C=O) groups is 2. The van der Waals surface area contributed by atoms with Crippen LogP contribution in [0, 0.1) is 0 Å². The summed E-state index contributed by atoms with van der Waals surface area (Å²) in [5.41, 5.74) is 1.36. The molecule has 25 heavy (non-hydrogen) atoms. The highest BCUT2D eigenvalue weighted by Gasteiger charge is 2.17. The van der Waals surface area contributed by atoms with E-state index in [0.717, 1.165) is 0 Å². The summed E-state index contributed by atoms with van der Waals surface area (Å²) in [4.78, 5) is 25.0. The van der Waals surface area contributed by atoms with Crippen LogP contribution in [0.5, 0.6) is 0 Å². The molecule has 1 amide bonds. The molecule has 0 atom stereocenters. The van der Waals surface area contributed by atoms with E-state index in [9.17, 15) is 9.59 Å². The molecule has 0 aliphatic carbocycles. The SMILES string of the molecule is COCCOCCCNC(=O)c1ccccc1C(=O)c1ccccc1. The fraction of sp³-hybridized carbons (Fsp3) is 0.300. The standard InChI is InChI=1S/C20H23NO4/c1-24-14-15-25-13-7-12-21-20(23)18-11-6-5-10-17(18)19(22)16-8-3-2-4-9-16/h2-6,8-11H,7,12-15H2,1H3,(H,21,23). The zero-order valence-electron chi connectivity index (χ0n) is 14.4. The molecular weight excluding hydrogens is 318 g/mol. The summed E-state index contributed by atoms with van der Waals surface area (Å²) >= 11 is 0. The summed E-state index contributed by atoms with van der Waals surface area (Å²) < 4.78 is 10.2. The van der Waals surface area contributed by atoms with Crippen molar-refractivity contribution >= 4 is 11.7 Å². The number of hydrogen-bond donors (Lipinski definition) is 1. The smallest absolute Gasteiger partial charge is 0.252 e. The molecule has 0 spiro atoms. The van der Waals surface area contributed by atoms with Gasteiger partial charge in [0, 0.05) is 31.4 Å². The molecule has 0 aromatic heterocycles. The monoisotopic (exact) mass is 341 g/mol. The Bertz CT molecular complexity index is 685. The van der Waals surface area contributed by atoms with Gasteiger partial charge in [0.25, 0.3) is 5.91 Å². The molecule has 2 rings (SSSR count). The summed E-state index contributed by atoms with van der Waals surface area (Å²) in [7, 11) is 1.62. The summed E-state index contributed by atoms with van der Waals surface area (Å²) in [5.74, 6) is -0.411. The molecule has 0 radical (unpaired) electrons. The Labute approximate surface area is 148 Å². The molecule has 5 nitrogen and oxygen atoms in total. The van der Waals surface area contributed by atoms with Crippen LogP contribution < -0.4 is 5.32 Å². The third-order valence-corrected chi connectivity index (χ3v) is 3.64. The topological polar surface area (TPSA) is 64.6 Å². The fourth-order valence-electron chi connectivity index (χ4n) is 2.34.